The molecule has 0 radical (unpaired) electrons. The predicted octanol–water partition coefficient (Wildman–Crippen LogP) is 4.51. The fourth-order valence-corrected chi connectivity index (χ4v) is 4.16. The number of ether oxygens (including phenoxy) is 1. The van der Waals surface area contributed by atoms with Crippen LogP contribution in [-0.2, 0) is 9.53 Å². The lowest BCUT2D eigenvalue weighted by molar-refractivity contribution is -0.138. The van der Waals surface area contributed by atoms with E-state index in [2.05, 4.69) is 10.3 Å². The Kier molecular flexibility index (Phi) is 11.1. The SMILES string of the molecule is CC.CC.CCOC(=O)C1=C(CN(C)C)Nc2c(c(=O)[nH]c(=O)n2-c2ccccc2)C1c1ccccc1. The lowest BCUT2D eigenvalue weighted by Gasteiger charge is -2.32. The Hall–Kier alpha value is -3.91. The van der Waals surface area contributed by atoms with Crippen LogP contribution < -0.4 is 16.6 Å². The van der Waals surface area contributed by atoms with E-state index in [1.807, 2.05) is 95.2 Å². The first-order chi connectivity index (χ1) is 17.9. The number of aromatic amines is 1. The molecule has 0 spiro atoms. The number of hydrogen-bond donors (Lipinski definition) is 2. The van der Waals surface area contributed by atoms with Crippen LogP contribution in [0.25, 0.3) is 5.69 Å². The van der Waals surface area contributed by atoms with Crippen molar-refractivity contribution in [3.8, 4) is 5.69 Å². The van der Waals surface area contributed by atoms with Crippen molar-refractivity contribution >= 4 is 11.8 Å². The van der Waals surface area contributed by atoms with E-state index in [-0.39, 0.29) is 12.2 Å². The maximum absolute atomic E-state index is 13.2. The van der Waals surface area contributed by atoms with Crippen molar-refractivity contribution in [2.75, 3.05) is 32.6 Å². The van der Waals surface area contributed by atoms with Gasteiger partial charge in [0.25, 0.3) is 5.56 Å². The molecule has 2 aromatic carbocycles. The van der Waals surface area contributed by atoms with Gasteiger partial charge in [-0.25, -0.2) is 14.2 Å². The number of carbonyl (C=O) groups is 1. The van der Waals surface area contributed by atoms with E-state index in [0.29, 0.717) is 29.3 Å². The highest BCUT2D eigenvalue weighted by atomic mass is 16.5. The van der Waals surface area contributed by atoms with Crippen LogP contribution in [0.2, 0.25) is 0 Å². The highest BCUT2D eigenvalue weighted by Gasteiger charge is 2.38. The number of para-hydroxylation sites is 1. The monoisotopic (exact) mass is 506 g/mol. The van der Waals surface area contributed by atoms with Crippen LogP contribution in [0.1, 0.15) is 51.7 Å². The number of likely N-dealkylation sites (N-methyl/N-ethyl adjacent to an activating group) is 1. The molecule has 1 atom stereocenters. The molecule has 8 heteroatoms. The average molecular weight is 507 g/mol. The van der Waals surface area contributed by atoms with Crippen molar-refractivity contribution in [2.45, 2.75) is 40.5 Å². The third-order valence-electron chi connectivity index (χ3n) is 5.44. The molecule has 1 unspecified atom stereocenters. The second-order valence-electron chi connectivity index (χ2n) is 8.01. The molecule has 198 valence electrons. The van der Waals surface area contributed by atoms with Crippen molar-refractivity contribution < 1.29 is 9.53 Å². The molecule has 0 aliphatic carbocycles. The maximum Gasteiger partial charge on any atom is 0.336 e. The molecule has 3 aromatic rings. The smallest absolute Gasteiger partial charge is 0.336 e. The van der Waals surface area contributed by atoms with Crippen molar-refractivity contribution in [1.29, 1.82) is 0 Å². The number of nitrogens with zero attached hydrogens (tertiary/aromatic N) is 2. The number of benzene rings is 2. The van der Waals surface area contributed by atoms with Crippen LogP contribution in [0.3, 0.4) is 0 Å². The molecule has 4 rings (SSSR count). The summed E-state index contributed by atoms with van der Waals surface area (Å²) in [5.74, 6) is -0.873. The van der Waals surface area contributed by atoms with Crippen molar-refractivity contribution in [1.82, 2.24) is 14.5 Å². The number of H-pyrrole nitrogens is 1. The molecular weight excluding hydrogens is 468 g/mol. The Morgan fingerprint density at radius 3 is 2.05 bits per heavy atom. The lowest BCUT2D eigenvalue weighted by Crippen LogP contribution is -2.40. The van der Waals surface area contributed by atoms with Crippen LogP contribution in [0, 0.1) is 0 Å². The molecule has 1 aromatic heterocycles. The molecule has 37 heavy (non-hydrogen) atoms. The summed E-state index contributed by atoms with van der Waals surface area (Å²) in [4.78, 5) is 43.7. The Bertz CT molecular complexity index is 1310. The van der Waals surface area contributed by atoms with Gasteiger partial charge in [0.05, 0.1) is 29.3 Å². The summed E-state index contributed by atoms with van der Waals surface area (Å²) in [6, 6.07) is 18.4. The Balaban J connectivity index is 0.00000115. The van der Waals surface area contributed by atoms with Crippen LogP contribution in [0.15, 0.2) is 81.5 Å². The summed E-state index contributed by atoms with van der Waals surface area (Å²) in [7, 11) is 3.76. The zero-order valence-corrected chi connectivity index (χ0v) is 22.8. The molecule has 8 nitrogen and oxygen atoms in total. The summed E-state index contributed by atoms with van der Waals surface area (Å²) in [6.45, 7) is 10.3. The summed E-state index contributed by atoms with van der Waals surface area (Å²) in [5.41, 5.74) is 1.46. The molecule has 2 heterocycles. The van der Waals surface area contributed by atoms with Crippen molar-refractivity contribution in [3.63, 3.8) is 0 Å². The molecule has 0 saturated heterocycles. The second kappa shape index (κ2) is 14.0. The summed E-state index contributed by atoms with van der Waals surface area (Å²) in [6.07, 6.45) is 0. The first kappa shape index (κ1) is 29.3. The minimum absolute atomic E-state index is 0.200. The highest BCUT2D eigenvalue weighted by Crippen LogP contribution is 2.40. The number of rotatable bonds is 6. The van der Waals surface area contributed by atoms with Gasteiger partial charge in [0.15, 0.2) is 0 Å². The predicted molar refractivity (Wildman–Crippen MR) is 149 cm³/mol. The third-order valence-corrected chi connectivity index (χ3v) is 5.44. The van der Waals surface area contributed by atoms with Gasteiger partial charge in [-0.3, -0.25) is 9.78 Å². The zero-order chi connectivity index (χ0) is 27.5. The lowest BCUT2D eigenvalue weighted by atomic mass is 9.82. The topological polar surface area (TPSA) is 96.4 Å². The molecule has 0 fully saturated rings. The number of carbonyl (C=O) groups excluding carboxylic acids is 1. The molecule has 2 N–H and O–H groups in total. The van der Waals surface area contributed by atoms with E-state index in [1.54, 1.807) is 19.1 Å². The van der Waals surface area contributed by atoms with Crippen molar-refractivity contribution in [2.24, 2.45) is 0 Å². The average Bonchev–Trinajstić information content (AvgIpc) is 2.91. The van der Waals surface area contributed by atoms with Gasteiger partial charge in [-0.05, 0) is 38.7 Å². The van der Waals surface area contributed by atoms with Gasteiger partial charge in [-0.2, -0.15) is 0 Å². The van der Waals surface area contributed by atoms with E-state index in [4.69, 9.17) is 4.74 Å². The van der Waals surface area contributed by atoms with E-state index in [9.17, 15) is 14.4 Å². The summed E-state index contributed by atoms with van der Waals surface area (Å²) in [5, 5.41) is 3.25. The van der Waals surface area contributed by atoms with E-state index in [0.717, 1.165) is 5.56 Å². The molecule has 1 aliphatic rings. The van der Waals surface area contributed by atoms with E-state index in [1.165, 1.54) is 4.57 Å². The van der Waals surface area contributed by atoms with Gasteiger partial charge in [-0.15, -0.1) is 0 Å². The first-order valence-corrected chi connectivity index (χ1v) is 12.7. The minimum atomic E-state index is -0.712. The number of fused-ring (bicyclic) bond motifs is 1. The largest absolute Gasteiger partial charge is 0.463 e. The van der Waals surface area contributed by atoms with Gasteiger partial charge >= 0.3 is 11.7 Å². The van der Waals surface area contributed by atoms with Gasteiger partial charge in [-0.1, -0.05) is 76.2 Å². The van der Waals surface area contributed by atoms with E-state index >= 15 is 0 Å². The van der Waals surface area contributed by atoms with Crippen molar-refractivity contribution in [3.05, 3.63) is 104 Å². The number of esters is 1. The van der Waals surface area contributed by atoms with Gasteiger partial charge in [0.1, 0.15) is 5.82 Å². The Labute approximate surface area is 218 Å². The van der Waals surface area contributed by atoms with Crippen LogP contribution in [0.5, 0.6) is 0 Å². The second-order valence-corrected chi connectivity index (χ2v) is 8.01. The third kappa shape index (κ3) is 6.46. The quantitative estimate of drug-likeness (QED) is 0.478. The minimum Gasteiger partial charge on any atom is -0.463 e. The van der Waals surface area contributed by atoms with Gasteiger partial charge in [0, 0.05) is 12.2 Å². The maximum atomic E-state index is 13.2. The molecule has 1 aliphatic heterocycles. The first-order valence-electron chi connectivity index (χ1n) is 12.7. The summed E-state index contributed by atoms with van der Waals surface area (Å²) >= 11 is 0. The Morgan fingerprint density at radius 2 is 1.51 bits per heavy atom. The zero-order valence-electron chi connectivity index (χ0n) is 22.8. The number of aromatic nitrogens is 2. The molecule has 0 amide bonds. The number of anilines is 1. The van der Waals surface area contributed by atoms with Crippen LogP contribution in [0.4, 0.5) is 5.82 Å². The van der Waals surface area contributed by atoms with Gasteiger partial charge < -0.3 is 15.0 Å². The number of hydrogen-bond acceptors (Lipinski definition) is 6. The van der Waals surface area contributed by atoms with Gasteiger partial charge in [0.2, 0.25) is 0 Å². The summed E-state index contributed by atoms with van der Waals surface area (Å²) < 4.78 is 6.84. The molecular formula is C29H38N4O4. The highest BCUT2D eigenvalue weighted by molar-refractivity contribution is 5.94. The van der Waals surface area contributed by atoms with Crippen LogP contribution >= 0.6 is 0 Å². The van der Waals surface area contributed by atoms with E-state index < -0.39 is 23.1 Å². The number of nitrogens with one attached hydrogen (secondary N) is 2. The Morgan fingerprint density at radius 1 is 0.946 bits per heavy atom. The fraction of sp³-hybridized carbons (Fsp3) is 0.345. The fourth-order valence-electron chi connectivity index (χ4n) is 4.16. The molecule has 0 saturated carbocycles. The van der Waals surface area contributed by atoms with Crippen LogP contribution in [-0.4, -0.2) is 47.7 Å². The standard InChI is InChI=1S/C25H26N4O4.2C2H6/c1-4-33-24(31)20-18(15-28(2)3)26-22-21(19(20)16-11-7-5-8-12-16)23(30)27-25(32)29(22)17-13-9-6-10-14-17;2*1-2/h5-14,19,26H,4,15H2,1-3H3,(H,27,30,32);2*1-2H3. The molecule has 0 bridgehead atoms. The normalized spacial score (nSPS) is 13.9.